The Hall–Kier alpha value is -1.04. The summed E-state index contributed by atoms with van der Waals surface area (Å²) in [6.07, 6.45) is 1.12. The number of aromatic nitrogens is 2. The zero-order chi connectivity index (χ0) is 13.1. The summed E-state index contributed by atoms with van der Waals surface area (Å²) >= 11 is 12.9. The van der Waals surface area contributed by atoms with Crippen molar-refractivity contribution in [1.82, 2.24) is 9.97 Å². The van der Waals surface area contributed by atoms with Gasteiger partial charge in [-0.2, -0.15) is 0 Å². The molecule has 0 radical (unpaired) electrons. The quantitative estimate of drug-likeness (QED) is 0.866. The van der Waals surface area contributed by atoms with Crippen LogP contribution in [0.3, 0.4) is 0 Å². The third-order valence-electron chi connectivity index (χ3n) is 2.04. The summed E-state index contributed by atoms with van der Waals surface area (Å²) in [4.78, 5) is 8.55. The van der Waals surface area contributed by atoms with Gasteiger partial charge in [0.15, 0.2) is 5.82 Å². The lowest BCUT2D eigenvalue weighted by Gasteiger charge is -2.05. The molecule has 1 aromatic heterocycles. The molecule has 0 aliphatic carbocycles. The van der Waals surface area contributed by atoms with Gasteiger partial charge in [0.25, 0.3) is 0 Å². The van der Waals surface area contributed by atoms with Gasteiger partial charge in [-0.15, -0.1) is 0 Å². The lowest BCUT2D eigenvalue weighted by Crippen LogP contribution is -1.98. The first-order valence-electron chi connectivity index (χ1n) is 4.93. The molecule has 0 fully saturated rings. The Balaban J connectivity index is 2.30. The van der Waals surface area contributed by atoms with Crippen molar-refractivity contribution in [1.29, 1.82) is 0 Å². The van der Waals surface area contributed by atoms with Crippen LogP contribution in [0.15, 0.2) is 34.3 Å². The highest BCUT2D eigenvalue weighted by Gasteiger charge is 2.09. The van der Waals surface area contributed by atoms with Crippen molar-refractivity contribution >= 4 is 40.9 Å². The van der Waals surface area contributed by atoms with E-state index in [2.05, 4.69) is 15.3 Å². The molecule has 1 N–H and O–H groups in total. The highest BCUT2D eigenvalue weighted by Crippen LogP contribution is 2.32. The lowest BCUT2D eigenvalue weighted by atomic mass is 10.4. The predicted octanol–water partition coefficient (Wildman–Crippen LogP) is 4.12. The zero-order valence-electron chi connectivity index (χ0n) is 9.25. The summed E-state index contributed by atoms with van der Waals surface area (Å²) in [5.74, 6) is -0.121. The molecule has 2 rings (SSSR count). The molecular formula is C11H8Cl2FN3S. The molecule has 0 atom stereocenters. The van der Waals surface area contributed by atoms with E-state index in [1.807, 2.05) is 0 Å². The number of anilines is 1. The van der Waals surface area contributed by atoms with Crippen molar-refractivity contribution in [2.45, 2.75) is 9.92 Å². The molecule has 0 saturated heterocycles. The highest BCUT2D eigenvalue weighted by atomic mass is 35.5. The molecule has 0 unspecified atom stereocenters. The Morgan fingerprint density at radius 1 is 1.28 bits per heavy atom. The van der Waals surface area contributed by atoms with Crippen LogP contribution in [-0.2, 0) is 0 Å². The number of nitrogens with zero attached hydrogens (tertiary/aromatic N) is 2. The molecular weight excluding hydrogens is 296 g/mol. The van der Waals surface area contributed by atoms with Gasteiger partial charge in [-0.1, -0.05) is 35.0 Å². The Labute approximate surface area is 118 Å². The third-order valence-corrected chi connectivity index (χ3v) is 3.75. The van der Waals surface area contributed by atoms with Gasteiger partial charge in [0.2, 0.25) is 5.95 Å². The number of rotatable bonds is 3. The van der Waals surface area contributed by atoms with Gasteiger partial charge in [0.1, 0.15) is 5.03 Å². The molecule has 0 amide bonds. The number of nitrogens with one attached hydrogen (secondary N) is 1. The Kier molecular flexibility index (Phi) is 4.27. The van der Waals surface area contributed by atoms with Crippen molar-refractivity contribution in [2.24, 2.45) is 0 Å². The van der Waals surface area contributed by atoms with Crippen LogP contribution in [0.2, 0.25) is 10.0 Å². The summed E-state index contributed by atoms with van der Waals surface area (Å²) in [5, 5.41) is 3.86. The van der Waals surface area contributed by atoms with Crippen molar-refractivity contribution in [3.8, 4) is 0 Å². The summed E-state index contributed by atoms with van der Waals surface area (Å²) in [6, 6.07) is 5.07. The number of hydrogen-bond donors (Lipinski definition) is 1. The summed E-state index contributed by atoms with van der Waals surface area (Å²) in [6.45, 7) is 0. The van der Waals surface area contributed by atoms with E-state index in [1.165, 1.54) is 0 Å². The topological polar surface area (TPSA) is 37.8 Å². The van der Waals surface area contributed by atoms with Crippen molar-refractivity contribution in [3.63, 3.8) is 0 Å². The van der Waals surface area contributed by atoms with Gasteiger partial charge in [-0.3, -0.25) is 0 Å². The van der Waals surface area contributed by atoms with Gasteiger partial charge in [0, 0.05) is 11.9 Å². The fraction of sp³-hybridized carbons (Fsp3) is 0.0909. The first-order valence-corrected chi connectivity index (χ1v) is 6.50. The average Bonchev–Trinajstić information content (AvgIpc) is 2.36. The minimum Gasteiger partial charge on any atom is -0.357 e. The fourth-order valence-electron chi connectivity index (χ4n) is 1.20. The van der Waals surface area contributed by atoms with E-state index in [0.29, 0.717) is 16.0 Å². The maximum Gasteiger partial charge on any atom is 0.223 e. The molecule has 0 aliphatic heterocycles. The Morgan fingerprint density at radius 2 is 2.06 bits per heavy atom. The van der Waals surface area contributed by atoms with E-state index in [1.54, 1.807) is 25.2 Å². The fourth-order valence-corrected chi connectivity index (χ4v) is 2.38. The second kappa shape index (κ2) is 5.73. The normalized spacial score (nSPS) is 10.4. The lowest BCUT2D eigenvalue weighted by molar-refractivity contribution is 0.580. The SMILES string of the molecule is CNc1ncc(F)c(Sc2ccc(Cl)c(Cl)c2)n1. The average molecular weight is 304 g/mol. The first-order chi connectivity index (χ1) is 8.60. The maximum absolute atomic E-state index is 13.5. The van der Waals surface area contributed by atoms with Crippen LogP contribution in [0, 0.1) is 5.82 Å². The van der Waals surface area contributed by atoms with E-state index >= 15 is 0 Å². The summed E-state index contributed by atoms with van der Waals surface area (Å²) in [7, 11) is 1.67. The minimum atomic E-state index is -0.481. The van der Waals surface area contributed by atoms with E-state index in [0.717, 1.165) is 22.9 Å². The van der Waals surface area contributed by atoms with Crippen LogP contribution >= 0.6 is 35.0 Å². The van der Waals surface area contributed by atoms with E-state index in [-0.39, 0.29) is 5.03 Å². The largest absolute Gasteiger partial charge is 0.357 e. The maximum atomic E-state index is 13.5. The van der Waals surface area contributed by atoms with E-state index < -0.39 is 5.82 Å². The Morgan fingerprint density at radius 3 is 2.72 bits per heavy atom. The van der Waals surface area contributed by atoms with Crippen LogP contribution < -0.4 is 5.32 Å². The summed E-state index contributed by atoms with van der Waals surface area (Å²) < 4.78 is 13.5. The Bertz CT molecular complexity index is 580. The molecule has 2 aromatic rings. The molecule has 1 heterocycles. The second-order valence-electron chi connectivity index (χ2n) is 3.27. The van der Waals surface area contributed by atoms with Crippen molar-refractivity contribution in [3.05, 3.63) is 40.3 Å². The zero-order valence-corrected chi connectivity index (χ0v) is 11.6. The molecule has 1 aromatic carbocycles. The van der Waals surface area contributed by atoms with Crippen molar-refractivity contribution < 1.29 is 4.39 Å². The van der Waals surface area contributed by atoms with Gasteiger partial charge in [-0.05, 0) is 18.2 Å². The molecule has 0 spiro atoms. The number of benzene rings is 1. The van der Waals surface area contributed by atoms with Gasteiger partial charge in [0.05, 0.1) is 16.2 Å². The van der Waals surface area contributed by atoms with Gasteiger partial charge in [-0.25, -0.2) is 14.4 Å². The molecule has 0 bridgehead atoms. The molecule has 7 heteroatoms. The number of hydrogen-bond acceptors (Lipinski definition) is 4. The third kappa shape index (κ3) is 3.04. The van der Waals surface area contributed by atoms with Gasteiger partial charge < -0.3 is 5.32 Å². The van der Waals surface area contributed by atoms with Gasteiger partial charge >= 0.3 is 0 Å². The molecule has 3 nitrogen and oxygen atoms in total. The van der Waals surface area contributed by atoms with Crippen LogP contribution in [0.25, 0.3) is 0 Å². The molecule has 0 saturated carbocycles. The molecule has 94 valence electrons. The second-order valence-corrected chi connectivity index (χ2v) is 5.15. The predicted molar refractivity (Wildman–Crippen MR) is 72.1 cm³/mol. The standard InChI is InChI=1S/C11H8Cl2FN3S/c1-15-11-16-5-9(14)10(17-11)18-6-2-3-7(12)8(13)4-6/h2-5H,1H3,(H,15,16,17). The first kappa shape index (κ1) is 13.4. The van der Waals surface area contributed by atoms with E-state index in [4.69, 9.17) is 23.2 Å². The van der Waals surface area contributed by atoms with E-state index in [9.17, 15) is 4.39 Å². The number of halogens is 3. The highest BCUT2D eigenvalue weighted by molar-refractivity contribution is 7.99. The van der Waals surface area contributed by atoms with Crippen LogP contribution in [0.4, 0.5) is 10.3 Å². The minimum absolute atomic E-state index is 0.229. The molecule has 0 aliphatic rings. The van der Waals surface area contributed by atoms with Crippen molar-refractivity contribution in [2.75, 3.05) is 12.4 Å². The molecule has 18 heavy (non-hydrogen) atoms. The van der Waals surface area contributed by atoms with Crippen LogP contribution in [0.5, 0.6) is 0 Å². The van der Waals surface area contributed by atoms with Crippen LogP contribution in [0.1, 0.15) is 0 Å². The summed E-state index contributed by atoms with van der Waals surface area (Å²) in [5.41, 5.74) is 0. The smallest absolute Gasteiger partial charge is 0.223 e. The van der Waals surface area contributed by atoms with Crippen LogP contribution in [-0.4, -0.2) is 17.0 Å². The monoisotopic (exact) mass is 303 g/mol.